The Hall–Kier alpha value is -2.27. The number of carbonyl (C=O) groups is 2. The van der Waals surface area contributed by atoms with Gasteiger partial charge in [-0.3, -0.25) is 9.59 Å². The van der Waals surface area contributed by atoms with E-state index in [1.807, 2.05) is 62.4 Å². The minimum Gasteiger partial charge on any atom is -0.350 e. The zero-order valence-corrected chi connectivity index (χ0v) is 15.5. The highest BCUT2D eigenvalue weighted by Gasteiger charge is 2.48. The summed E-state index contributed by atoms with van der Waals surface area (Å²) in [4.78, 5) is 28.5. The molecule has 2 aromatic carbocycles. The minimum absolute atomic E-state index is 0.167. The lowest BCUT2D eigenvalue weighted by atomic mass is 10.1. The molecule has 4 nitrogen and oxygen atoms in total. The number of thioether (sulfide) groups is 1. The molecule has 3 rings (SSSR count). The largest absolute Gasteiger partial charge is 0.350 e. The molecule has 0 fully saturated rings. The molecule has 1 atom stereocenters. The number of hydrogen-bond donors (Lipinski definition) is 1. The molecular weight excluding hydrogens is 332 g/mol. The SMILES string of the molecule is CCN1C(=O)C(C)(C(=O)NCc2ccc(C)cc2)Sc2ccccc21. The fourth-order valence-corrected chi connectivity index (χ4v) is 4.14. The van der Waals surface area contributed by atoms with Gasteiger partial charge >= 0.3 is 0 Å². The zero-order chi connectivity index (χ0) is 18.0. The average molecular weight is 354 g/mol. The van der Waals surface area contributed by atoms with Crippen molar-refractivity contribution in [3.8, 4) is 0 Å². The second-order valence-corrected chi connectivity index (χ2v) is 7.78. The molecule has 0 saturated heterocycles. The van der Waals surface area contributed by atoms with E-state index in [1.54, 1.807) is 11.8 Å². The van der Waals surface area contributed by atoms with E-state index in [2.05, 4.69) is 5.32 Å². The Morgan fingerprint density at radius 2 is 1.84 bits per heavy atom. The van der Waals surface area contributed by atoms with Gasteiger partial charge in [0, 0.05) is 18.0 Å². The highest BCUT2D eigenvalue weighted by molar-refractivity contribution is 8.02. The van der Waals surface area contributed by atoms with Crippen molar-refractivity contribution < 1.29 is 9.59 Å². The first-order valence-corrected chi connectivity index (χ1v) is 9.21. The van der Waals surface area contributed by atoms with Crippen molar-refractivity contribution >= 4 is 29.3 Å². The lowest BCUT2D eigenvalue weighted by Crippen LogP contribution is -2.56. The van der Waals surface area contributed by atoms with E-state index >= 15 is 0 Å². The summed E-state index contributed by atoms with van der Waals surface area (Å²) in [5.41, 5.74) is 3.07. The average Bonchev–Trinajstić information content (AvgIpc) is 2.62. The van der Waals surface area contributed by atoms with Crippen LogP contribution in [0.4, 0.5) is 5.69 Å². The van der Waals surface area contributed by atoms with Crippen molar-refractivity contribution in [2.45, 2.75) is 37.0 Å². The first-order valence-electron chi connectivity index (χ1n) is 8.39. The molecule has 1 heterocycles. The maximum atomic E-state index is 13.0. The molecule has 1 aliphatic heterocycles. The third kappa shape index (κ3) is 3.29. The second-order valence-electron chi connectivity index (χ2n) is 6.32. The number of aryl methyl sites for hydroxylation is 1. The molecule has 1 aliphatic rings. The first-order chi connectivity index (χ1) is 12.0. The topological polar surface area (TPSA) is 49.4 Å². The van der Waals surface area contributed by atoms with Crippen LogP contribution in [0, 0.1) is 6.92 Å². The lowest BCUT2D eigenvalue weighted by molar-refractivity contribution is -0.131. The lowest BCUT2D eigenvalue weighted by Gasteiger charge is -2.38. The number of rotatable bonds is 4. The number of para-hydroxylation sites is 1. The summed E-state index contributed by atoms with van der Waals surface area (Å²) in [5, 5.41) is 2.93. The van der Waals surface area contributed by atoms with Gasteiger partial charge in [-0.15, -0.1) is 0 Å². The van der Waals surface area contributed by atoms with Crippen molar-refractivity contribution in [2.24, 2.45) is 0 Å². The Bertz CT molecular complexity index is 804. The summed E-state index contributed by atoms with van der Waals surface area (Å²) < 4.78 is -1.16. The van der Waals surface area contributed by atoms with Crippen LogP contribution in [0.25, 0.3) is 0 Å². The van der Waals surface area contributed by atoms with Crippen LogP contribution < -0.4 is 10.2 Å². The molecular formula is C20H22N2O2S. The van der Waals surface area contributed by atoms with E-state index in [-0.39, 0.29) is 11.8 Å². The fourth-order valence-electron chi connectivity index (χ4n) is 2.91. The molecule has 1 N–H and O–H groups in total. The van der Waals surface area contributed by atoms with Crippen molar-refractivity contribution in [3.63, 3.8) is 0 Å². The minimum atomic E-state index is -1.16. The van der Waals surface area contributed by atoms with Crippen LogP contribution in [0.5, 0.6) is 0 Å². The summed E-state index contributed by atoms with van der Waals surface area (Å²) in [6.07, 6.45) is 0. The maximum Gasteiger partial charge on any atom is 0.252 e. The summed E-state index contributed by atoms with van der Waals surface area (Å²) in [6.45, 7) is 6.61. The van der Waals surface area contributed by atoms with E-state index in [4.69, 9.17) is 0 Å². The number of hydrogen-bond acceptors (Lipinski definition) is 3. The van der Waals surface area contributed by atoms with Crippen LogP contribution in [0.1, 0.15) is 25.0 Å². The molecule has 2 amide bonds. The van der Waals surface area contributed by atoms with Crippen molar-refractivity contribution in [3.05, 3.63) is 59.7 Å². The van der Waals surface area contributed by atoms with Crippen LogP contribution in [0.2, 0.25) is 0 Å². The summed E-state index contributed by atoms with van der Waals surface area (Å²) >= 11 is 1.33. The molecule has 0 spiro atoms. The zero-order valence-electron chi connectivity index (χ0n) is 14.7. The second kappa shape index (κ2) is 6.92. The summed E-state index contributed by atoms with van der Waals surface area (Å²) in [6, 6.07) is 15.7. The van der Waals surface area contributed by atoms with Crippen LogP contribution in [0.15, 0.2) is 53.4 Å². The smallest absolute Gasteiger partial charge is 0.252 e. The van der Waals surface area contributed by atoms with Gasteiger partial charge in [-0.2, -0.15) is 0 Å². The van der Waals surface area contributed by atoms with Gasteiger partial charge in [0.1, 0.15) is 0 Å². The summed E-state index contributed by atoms with van der Waals surface area (Å²) in [7, 11) is 0. The quantitative estimate of drug-likeness (QED) is 0.855. The number of fused-ring (bicyclic) bond motifs is 1. The van der Waals surface area contributed by atoms with Gasteiger partial charge in [0.25, 0.3) is 5.91 Å². The number of anilines is 1. The Morgan fingerprint density at radius 1 is 1.16 bits per heavy atom. The number of nitrogens with zero attached hydrogens (tertiary/aromatic N) is 1. The van der Waals surface area contributed by atoms with Gasteiger partial charge in [0.05, 0.1) is 5.69 Å². The Morgan fingerprint density at radius 3 is 2.52 bits per heavy atom. The van der Waals surface area contributed by atoms with Crippen molar-refractivity contribution in [1.29, 1.82) is 0 Å². The Labute approximate surface area is 152 Å². The molecule has 2 aromatic rings. The van der Waals surface area contributed by atoms with Crippen molar-refractivity contribution in [2.75, 3.05) is 11.4 Å². The van der Waals surface area contributed by atoms with Gasteiger partial charge in [-0.1, -0.05) is 53.7 Å². The normalized spacial score (nSPS) is 19.5. The Balaban J connectivity index is 1.81. The van der Waals surface area contributed by atoms with Gasteiger partial charge in [0.15, 0.2) is 4.75 Å². The van der Waals surface area contributed by atoms with Crippen LogP contribution in [-0.2, 0) is 16.1 Å². The number of carbonyl (C=O) groups excluding carboxylic acids is 2. The molecule has 130 valence electrons. The van der Waals surface area contributed by atoms with Crippen LogP contribution >= 0.6 is 11.8 Å². The standard InChI is InChI=1S/C20H22N2O2S/c1-4-22-16-7-5-6-8-17(16)25-20(3,19(22)24)18(23)21-13-15-11-9-14(2)10-12-15/h5-12H,4,13H2,1-3H3,(H,21,23). The number of amides is 2. The van der Waals surface area contributed by atoms with E-state index in [1.165, 1.54) is 17.3 Å². The fraction of sp³-hybridized carbons (Fsp3) is 0.300. The predicted molar refractivity (Wildman–Crippen MR) is 102 cm³/mol. The van der Waals surface area contributed by atoms with Gasteiger partial charge in [0.2, 0.25) is 5.91 Å². The number of benzene rings is 2. The van der Waals surface area contributed by atoms with Gasteiger partial charge < -0.3 is 10.2 Å². The molecule has 0 aromatic heterocycles. The van der Waals surface area contributed by atoms with E-state index < -0.39 is 4.75 Å². The highest BCUT2D eigenvalue weighted by atomic mass is 32.2. The number of nitrogens with one attached hydrogen (secondary N) is 1. The molecule has 0 aliphatic carbocycles. The van der Waals surface area contributed by atoms with E-state index in [9.17, 15) is 9.59 Å². The van der Waals surface area contributed by atoms with Gasteiger partial charge in [-0.25, -0.2) is 0 Å². The van der Waals surface area contributed by atoms with Gasteiger partial charge in [-0.05, 0) is 38.5 Å². The monoisotopic (exact) mass is 354 g/mol. The molecule has 1 unspecified atom stereocenters. The predicted octanol–water partition coefficient (Wildman–Crippen LogP) is 3.53. The highest BCUT2D eigenvalue weighted by Crippen LogP contribution is 2.45. The van der Waals surface area contributed by atoms with Crippen molar-refractivity contribution in [1.82, 2.24) is 5.32 Å². The molecule has 0 saturated carbocycles. The first kappa shape index (κ1) is 17.5. The van der Waals surface area contributed by atoms with E-state index in [0.717, 1.165) is 16.1 Å². The van der Waals surface area contributed by atoms with E-state index in [0.29, 0.717) is 13.1 Å². The molecule has 5 heteroatoms. The van der Waals surface area contributed by atoms with Crippen LogP contribution in [0.3, 0.4) is 0 Å². The third-order valence-corrected chi connectivity index (χ3v) is 5.78. The third-order valence-electron chi connectivity index (χ3n) is 4.45. The Kier molecular flexibility index (Phi) is 4.86. The molecule has 0 bridgehead atoms. The summed E-state index contributed by atoms with van der Waals surface area (Å²) in [5.74, 6) is -0.420. The van der Waals surface area contributed by atoms with Crippen LogP contribution in [-0.4, -0.2) is 23.1 Å². The molecule has 0 radical (unpaired) electrons. The molecule has 25 heavy (non-hydrogen) atoms. The maximum absolute atomic E-state index is 13.0.